The Morgan fingerprint density at radius 2 is 2.56 bits per heavy atom. The summed E-state index contributed by atoms with van der Waals surface area (Å²) in [7, 11) is 0. The van der Waals surface area contributed by atoms with Gasteiger partial charge >= 0.3 is 0 Å². The maximum Gasteiger partial charge on any atom is 0.220 e. The van der Waals surface area contributed by atoms with Gasteiger partial charge < -0.3 is 10.4 Å². The summed E-state index contributed by atoms with van der Waals surface area (Å²) in [6, 6.07) is -0.197. The van der Waals surface area contributed by atoms with Crippen molar-refractivity contribution in [2.75, 3.05) is 0 Å². The third-order valence-corrected chi connectivity index (χ3v) is 1.40. The largest absolute Gasteiger partial charge is 0.511 e. The van der Waals surface area contributed by atoms with Crippen molar-refractivity contribution in [1.82, 2.24) is 5.32 Å². The minimum Gasteiger partial charge on any atom is -0.511 e. The number of aliphatic hydroxyl groups excluding tert-OH is 1. The molecule has 1 aliphatic heterocycles. The predicted octanol–water partition coefficient (Wildman–Crippen LogP) is 0.337. The molecule has 0 spiro atoms. The van der Waals surface area contributed by atoms with Gasteiger partial charge in [-0.1, -0.05) is 6.58 Å². The third-order valence-electron chi connectivity index (χ3n) is 1.40. The van der Waals surface area contributed by atoms with Crippen LogP contribution in [0.1, 0.15) is 12.8 Å². The molecule has 1 amide bonds. The molecule has 2 N–H and O–H groups in total. The Hall–Kier alpha value is -0.990. The van der Waals surface area contributed by atoms with E-state index in [1.807, 2.05) is 0 Å². The van der Waals surface area contributed by atoms with Crippen molar-refractivity contribution in [1.29, 1.82) is 0 Å². The van der Waals surface area contributed by atoms with Crippen molar-refractivity contribution in [3.05, 3.63) is 12.3 Å². The number of carbonyl (C=O) groups is 1. The smallest absolute Gasteiger partial charge is 0.220 e. The Bertz CT molecular complexity index is 153. The Kier molecular flexibility index (Phi) is 1.42. The molecule has 0 unspecified atom stereocenters. The Morgan fingerprint density at radius 1 is 1.89 bits per heavy atom. The Morgan fingerprint density at radius 3 is 2.78 bits per heavy atom. The van der Waals surface area contributed by atoms with E-state index in [9.17, 15) is 4.79 Å². The van der Waals surface area contributed by atoms with E-state index in [0.29, 0.717) is 12.8 Å². The normalized spacial score (nSPS) is 25.8. The molecule has 0 aromatic rings. The summed E-state index contributed by atoms with van der Waals surface area (Å²) < 4.78 is 0. The molecular formula is C6H9NO2. The summed E-state index contributed by atoms with van der Waals surface area (Å²) in [5.41, 5.74) is 0. The Labute approximate surface area is 53.4 Å². The lowest BCUT2D eigenvalue weighted by molar-refractivity contribution is -0.119. The molecule has 0 radical (unpaired) electrons. The molecular weight excluding hydrogens is 118 g/mol. The number of carbonyl (C=O) groups excluding carboxylic acids is 1. The number of nitrogens with one attached hydrogen (secondary N) is 1. The van der Waals surface area contributed by atoms with Crippen LogP contribution in [0.25, 0.3) is 0 Å². The summed E-state index contributed by atoms with van der Waals surface area (Å²) in [6.45, 7) is 3.31. The standard InChI is InChI=1S/C6H9NO2/c1-4(8)5-2-3-6(9)7-5/h5,8H,1-3H2,(H,7,9)/t5-/m1/s1. The second-order valence-electron chi connectivity index (χ2n) is 2.15. The number of hydrogen-bond donors (Lipinski definition) is 2. The highest BCUT2D eigenvalue weighted by molar-refractivity contribution is 5.78. The number of aliphatic hydroxyl groups is 1. The van der Waals surface area contributed by atoms with Crippen LogP contribution in [-0.4, -0.2) is 17.1 Å². The van der Waals surface area contributed by atoms with Crippen LogP contribution >= 0.6 is 0 Å². The lowest BCUT2D eigenvalue weighted by Gasteiger charge is -2.05. The molecule has 0 saturated carbocycles. The van der Waals surface area contributed by atoms with Gasteiger partial charge in [-0.3, -0.25) is 4.79 Å². The van der Waals surface area contributed by atoms with E-state index in [2.05, 4.69) is 11.9 Å². The van der Waals surface area contributed by atoms with Gasteiger partial charge in [-0.15, -0.1) is 0 Å². The highest BCUT2D eigenvalue weighted by atomic mass is 16.3. The second-order valence-corrected chi connectivity index (χ2v) is 2.15. The van der Waals surface area contributed by atoms with Crippen LogP contribution in [0, 0.1) is 0 Å². The number of hydrogen-bond acceptors (Lipinski definition) is 2. The maximum absolute atomic E-state index is 10.5. The van der Waals surface area contributed by atoms with Gasteiger partial charge in [0.1, 0.15) is 5.76 Å². The molecule has 3 heteroatoms. The highest BCUT2D eigenvalue weighted by Crippen LogP contribution is 2.10. The van der Waals surface area contributed by atoms with E-state index in [0.717, 1.165) is 0 Å². The first-order valence-corrected chi connectivity index (χ1v) is 2.87. The highest BCUT2D eigenvalue weighted by Gasteiger charge is 2.22. The van der Waals surface area contributed by atoms with E-state index < -0.39 is 0 Å². The molecule has 0 bridgehead atoms. The van der Waals surface area contributed by atoms with Crippen LogP contribution in [0.15, 0.2) is 12.3 Å². The average molecular weight is 127 g/mol. The summed E-state index contributed by atoms with van der Waals surface area (Å²) in [5, 5.41) is 11.3. The van der Waals surface area contributed by atoms with Crippen molar-refractivity contribution in [2.45, 2.75) is 18.9 Å². The van der Waals surface area contributed by atoms with Crippen molar-refractivity contribution >= 4 is 5.91 Å². The number of amides is 1. The molecule has 0 aromatic heterocycles. The molecule has 9 heavy (non-hydrogen) atoms. The molecule has 0 aliphatic carbocycles. The SMILES string of the molecule is C=C(O)[C@H]1CCC(=O)N1. The lowest BCUT2D eigenvalue weighted by atomic mass is 10.2. The first kappa shape index (κ1) is 6.13. The predicted molar refractivity (Wildman–Crippen MR) is 32.9 cm³/mol. The summed E-state index contributed by atoms with van der Waals surface area (Å²) in [4.78, 5) is 10.5. The van der Waals surface area contributed by atoms with Crippen LogP contribution in [0.2, 0.25) is 0 Å². The van der Waals surface area contributed by atoms with Crippen LogP contribution in [0.5, 0.6) is 0 Å². The first-order valence-electron chi connectivity index (χ1n) is 2.87. The number of rotatable bonds is 1. The van der Waals surface area contributed by atoms with Crippen LogP contribution < -0.4 is 5.32 Å². The zero-order valence-corrected chi connectivity index (χ0v) is 5.05. The van der Waals surface area contributed by atoms with E-state index in [1.54, 1.807) is 0 Å². The van der Waals surface area contributed by atoms with E-state index in [4.69, 9.17) is 5.11 Å². The molecule has 1 atom stereocenters. The zero-order valence-electron chi connectivity index (χ0n) is 5.05. The summed E-state index contributed by atoms with van der Waals surface area (Å²) in [5.74, 6) is 0.0519. The summed E-state index contributed by atoms with van der Waals surface area (Å²) >= 11 is 0. The maximum atomic E-state index is 10.5. The van der Waals surface area contributed by atoms with E-state index >= 15 is 0 Å². The fourth-order valence-electron chi connectivity index (χ4n) is 0.864. The van der Waals surface area contributed by atoms with Crippen molar-refractivity contribution in [2.24, 2.45) is 0 Å². The van der Waals surface area contributed by atoms with Gasteiger partial charge in [-0.05, 0) is 6.42 Å². The Balaban J connectivity index is 2.48. The first-order chi connectivity index (χ1) is 4.20. The van der Waals surface area contributed by atoms with Gasteiger partial charge in [0, 0.05) is 6.42 Å². The van der Waals surface area contributed by atoms with Crippen LogP contribution in [0.4, 0.5) is 0 Å². The van der Waals surface area contributed by atoms with E-state index in [1.165, 1.54) is 0 Å². The summed E-state index contributed by atoms with van der Waals surface area (Å²) in [6.07, 6.45) is 1.18. The fraction of sp³-hybridized carbons (Fsp3) is 0.500. The average Bonchev–Trinajstić information content (AvgIpc) is 2.14. The molecule has 1 aliphatic rings. The van der Waals surface area contributed by atoms with Gasteiger partial charge in [0.15, 0.2) is 0 Å². The minimum absolute atomic E-state index is 0.00444. The molecule has 3 nitrogen and oxygen atoms in total. The fourth-order valence-corrected chi connectivity index (χ4v) is 0.864. The molecule has 1 heterocycles. The minimum atomic E-state index is -0.197. The van der Waals surface area contributed by atoms with Crippen molar-refractivity contribution < 1.29 is 9.90 Å². The van der Waals surface area contributed by atoms with Crippen LogP contribution in [0.3, 0.4) is 0 Å². The molecule has 0 aromatic carbocycles. The lowest BCUT2D eigenvalue weighted by Crippen LogP contribution is -2.26. The molecule has 1 saturated heterocycles. The quantitative estimate of drug-likeness (QED) is 0.499. The van der Waals surface area contributed by atoms with Gasteiger partial charge in [0.2, 0.25) is 5.91 Å². The van der Waals surface area contributed by atoms with Crippen molar-refractivity contribution in [3.8, 4) is 0 Å². The van der Waals surface area contributed by atoms with E-state index in [-0.39, 0.29) is 17.7 Å². The second kappa shape index (κ2) is 2.09. The monoisotopic (exact) mass is 127 g/mol. The molecule has 1 rings (SSSR count). The molecule has 1 fully saturated rings. The van der Waals surface area contributed by atoms with Gasteiger partial charge in [-0.2, -0.15) is 0 Å². The molecule has 50 valence electrons. The van der Waals surface area contributed by atoms with Crippen LogP contribution in [-0.2, 0) is 4.79 Å². The van der Waals surface area contributed by atoms with Gasteiger partial charge in [-0.25, -0.2) is 0 Å². The zero-order chi connectivity index (χ0) is 6.85. The topological polar surface area (TPSA) is 49.3 Å². The van der Waals surface area contributed by atoms with Gasteiger partial charge in [0.05, 0.1) is 6.04 Å². The third kappa shape index (κ3) is 1.22. The van der Waals surface area contributed by atoms with Gasteiger partial charge in [0.25, 0.3) is 0 Å². The van der Waals surface area contributed by atoms with Crippen molar-refractivity contribution in [3.63, 3.8) is 0 Å².